The fourth-order valence-corrected chi connectivity index (χ4v) is 2.96. The number of nitrogens with one attached hydrogen (secondary N) is 3. The van der Waals surface area contributed by atoms with E-state index in [4.69, 9.17) is 0 Å². The lowest BCUT2D eigenvalue weighted by atomic mass is 9.84. The molecule has 3 aliphatic rings. The van der Waals surface area contributed by atoms with Crippen molar-refractivity contribution < 1.29 is 9.59 Å². The molecular formula is C9H13N3O2. The summed E-state index contributed by atoms with van der Waals surface area (Å²) in [5.41, 5.74) is -0.603. The van der Waals surface area contributed by atoms with Crippen LogP contribution < -0.4 is 16.0 Å². The van der Waals surface area contributed by atoms with E-state index in [9.17, 15) is 9.59 Å². The maximum absolute atomic E-state index is 11.7. The van der Waals surface area contributed by atoms with Gasteiger partial charge in [-0.15, -0.1) is 0 Å². The minimum Gasteiger partial charge on any atom is -0.323 e. The lowest BCUT2D eigenvalue weighted by Gasteiger charge is -2.35. The highest BCUT2D eigenvalue weighted by atomic mass is 16.2. The number of hydrogen-bond acceptors (Lipinski definition) is 3. The molecule has 3 rings (SSSR count). The van der Waals surface area contributed by atoms with E-state index >= 15 is 0 Å². The van der Waals surface area contributed by atoms with Gasteiger partial charge in [0.15, 0.2) is 0 Å². The van der Waals surface area contributed by atoms with Crippen molar-refractivity contribution >= 4 is 11.9 Å². The van der Waals surface area contributed by atoms with Gasteiger partial charge in [-0.05, 0) is 25.7 Å². The van der Waals surface area contributed by atoms with E-state index in [-0.39, 0.29) is 11.9 Å². The summed E-state index contributed by atoms with van der Waals surface area (Å²) in [4.78, 5) is 22.8. The Hall–Kier alpha value is -1.10. The van der Waals surface area contributed by atoms with Crippen LogP contribution in [-0.2, 0) is 4.79 Å². The normalized spacial score (nSPS) is 45.4. The lowest BCUT2D eigenvalue weighted by molar-refractivity contribution is -0.125. The van der Waals surface area contributed by atoms with Crippen molar-refractivity contribution in [2.75, 3.05) is 0 Å². The van der Waals surface area contributed by atoms with Crippen LogP contribution in [0, 0.1) is 0 Å². The third-order valence-corrected chi connectivity index (χ3v) is 3.54. The van der Waals surface area contributed by atoms with Crippen LogP contribution in [0.5, 0.6) is 0 Å². The Balaban J connectivity index is 1.90. The van der Waals surface area contributed by atoms with Gasteiger partial charge >= 0.3 is 6.03 Å². The second kappa shape index (κ2) is 2.48. The van der Waals surface area contributed by atoms with Gasteiger partial charge in [-0.25, -0.2) is 4.79 Å². The third-order valence-electron chi connectivity index (χ3n) is 3.54. The molecule has 2 bridgehead atoms. The van der Waals surface area contributed by atoms with Crippen molar-refractivity contribution in [2.45, 2.75) is 43.3 Å². The molecule has 5 heteroatoms. The van der Waals surface area contributed by atoms with Crippen LogP contribution in [0.3, 0.4) is 0 Å². The first kappa shape index (κ1) is 8.23. The molecule has 0 saturated carbocycles. The zero-order valence-corrected chi connectivity index (χ0v) is 7.80. The molecule has 1 spiro atoms. The summed E-state index contributed by atoms with van der Waals surface area (Å²) in [6.45, 7) is 0. The Morgan fingerprint density at radius 1 is 1.14 bits per heavy atom. The molecule has 76 valence electrons. The smallest absolute Gasteiger partial charge is 0.322 e. The number of amides is 3. The van der Waals surface area contributed by atoms with Crippen LogP contribution >= 0.6 is 0 Å². The van der Waals surface area contributed by atoms with Crippen molar-refractivity contribution in [3.05, 3.63) is 0 Å². The molecule has 3 aliphatic heterocycles. The summed E-state index contributed by atoms with van der Waals surface area (Å²) in [5, 5.41) is 8.56. The number of fused-ring (bicyclic) bond motifs is 2. The van der Waals surface area contributed by atoms with Crippen molar-refractivity contribution in [3.8, 4) is 0 Å². The minimum atomic E-state index is -0.603. The topological polar surface area (TPSA) is 70.2 Å². The first-order chi connectivity index (χ1) is 6.68. The number of hydrogen-bond donors (Lipinski definition) is 3. The standard InChI is InChI=1S/C9H13N3O2/c13-7-9(12-8(14)11-7)3-5-1-2-6(4-9)10-5/h5-6,10H,1-4H2,(H2,11,12,13,14)/t5-,6+,9?. The first-order valence-electron chi connectivity index (χ1n) is 5.08. The molecule has 5 nitrogen and oxygen atoms in total. The Morgan fingerprint density at radius 3 is 2.29 bits per heavy atom. The van der Waals surface area contributed by atoms with Gasteiger partial charge in [0.25, 0.3) is 5.91 Å². The highest BCUT2D eigenvalue weighted by Crippen LogP contribution is 2.35. The van der Waals surface area contributed by atoms with Gasteiger partial charge in [0.1, 0.15) is 5.54 Å². The Bertz CT molecular complexity index is 303. The van der Waals surface area contributed by atoms with Crippen molar-refractivity contribution in [3.63, 3.8) is 0 Å². The van der Waals surface area contributed by atoms with E-state index < -0.39 is 5.54 Å². The van der Waals surface area contributed by atoms with Crippen LogP contribution in [-0.4, -0.2) is 29.6 Å². The monoisotopic (exact) mass is 195 g/mol. The zero-order valence-electron chi connectivity index (χ0n) is 7.80. The average Bonchev–Trinajstić information content (AvgIpc) is 2.56. The van der Waals surface area contributed by atoms with Crippen molar-refractivity contribution in [1.29, 1.82) is 0 Å². The second-order valence-corrected chi connectivity index (χ2v) is 4.54. The van der Waals surface area contributed by atoms with Crippen molar-refractivity contribution in [2.24, 2.45) is 0 Å². The number of carbonyl (C=O) groups excluding carboxylic acids is 2. The highest BCUT2D eigenvalue weighted by molar-refractivity contribution is 6.07. The average molecular weight is 195 g/mol. The van der Waals surface area contributed by atoms with E-state index in [0.29, 0.717) is 12.1 Å². The molecule has 3 N–H and O–H groups in total. The summed E-state index contributed by atoms with van der Waals surface area (Å²) >= 11 is 0. The number of urea groups is 1. The fraction of sp³-hybridized carbons (Fsp3) is 0.778. The number of imide groups is 1. The molecule has 1 unspecified atom stereocenters. The molecule has 0 aromatic heterocycles. The number of piperidine rings is 1. The minimum absolute atomic E-state index is 0.138. The second-order valence-electron chi connectivity index (χ2n) is 4.54. The van der Waals surface area contributed by atoms with Crippen LogP contribution in [0.25, 0.3) is 0 Å². The van der Waals surface area contributed by atoms with Gasteiger partial charge in [-0.2, -0.15) is 0 Å². The molecule has 0 aliphatic carbocycles. The summed E-state index contributed by atoms with van der Waals surface area (Å²) in [6, 6.07) is 0.465. The van der Waals surface area contributed by atoms with Gasteiger partial charge in [0.05, 0.1) is 0 Å². The summed E-state index contributed by atoms with van der Waals surface area (Å²) in [6.07, 6.45) is 3.72. The van der Waals surface area contributed by atoms with Gasteiger partial charge in [0, 0.05) is 12.1 Å². The molecule has 3 amide bonds. The molecule has 3 atom stereocenters. The molecular weight excluding hydrogens is 182 g/mol. The van der Waals surface area contributed by atoms with Crippen LogP contribution in [0.2, 0.25) is 0 Å². The predicted octanol–water partition coefficient (Wildman–Crippen LogP) is -0.521. The zero-order chi connectivity index (χ0) is 9.76. The van der Waals surface area contributed by atoms with Crippen LogP contribution in [0.4, 0.5) is 4.79 Å². The molecule has 14 heavy (non-hydrogen) atoms. The van der Waals surface area contributed by atoms with Gasteiger partial charge in [0.2, 0.25) is 0 Å². The van der Waals surface area contributed by atoms with E-state index in [1.54, 1.807) is 0 Å². The largest absolute Gasteiger partial charge is 0.323 e. The molecule has 3 heterocycles. The maximum atomic E-state index is 11.7. The Kier molecular flexibility index (Phi) is 1.45. The molecule has 0 radical (unpaired) electrons. The molecule has 3 fully saturated rings. The van der Waals surface area contributed by atoms with Gasteiger partial charge < -0.3 is 10.6 Å². The van der Waals surface area contributed by atoms with Crippen LogP contribution in [0.15, 0.2) is 0 Å². The highest BCUT2D eigenvalue weighted by Gasteiger charge is 2.53. The fourth-order valence-electron chi connectivity index (χ4n) is 2.96. The summed E-state index contributed by atoms with van der Waals surface area (Å²) in [5.74, 6) is -0.138. The quantitative estimate of drug-likeness (QED) is 0.455. The van der Waals surface area contributed by atoms with E-state index in [1.807, 2.05) is 0 Å². The Morgan fingerprint density at radius 2 is 1.79 bits per heavy atom. The van der Waals surface area contributed by atoms with Gasteiger partial charge in [-0.1, -0.05) is 0 Å². The summed E-state index contributed by atoms with van der Waals surface area (Å²) in [7, 11) is 0. The maximum Gasteiger partial charge on any atom is 0.322 e. The molecule has 3 saturated heterocycles. The Labute approximate surface area is 81.6 Å². The molecule has 0 aromatic carbocycles. The van der Waals surface area contributed by atoms with Crippen molar-refractivity contribution in [1.82, 2.24) is 16.0 Å². The predicted molar refractivity (Wildman–Crippen MR) is 48.6 cm³/mol. The number of rotatable bonds is 0. The van der Waals surface area contributed by atoms with E-state index in [1.165, 1.54) is 0 Å². The van der Waals surface area contributed by atoms with E-state index in [0.717, 1.165) is 25.7 Å². The third kappa shape index (κ3) is 0.987. The van der Waals surface area contributed by atoms with E-state index in [2.05, 4.69) is 16.0 Å². The SMILES string of the molecule is O=C1NC(=O)C2(C[C@H]3CC[C@@H](C2)N3)N1. The summed E-state index contributed by atoms with van der Waals surface area (Å²) < 4.78 is 0. The lowest BCUT2D eigenvalue weighted by Crippen LogP contribution is -2.57. The molecule has 0 aromatic rings. The van der Waals surface area contributed by atoms with Crippen LogP contribution in [0.1, 0.15) is 25.7 Å². The van der Waals surface area contributed by atoms with Gasteiger partial charge in [-0.3, -0.25) is 10.1 Å². The first-order valence-corrected chi connectivity index (χ1v) is 5.08. The number of carbonyl (C=O) groups is 2.